The Bertz CT molecular complexity index is 1120. The zero-order valence-corrected chi connectivity index (χ0v) is 17.4. The quantitative estimate of drug-likeness (QED) is 0.606. The summed E-state index contributed by atoms with van der Waals surface area (Å²) in [5, 5.41) is 0.294. The molecule has 2 N–H and O–H groups in total. The fraction of sp³-hybridized carbons (Fsp3) is 0.435. The van der Waals surface area contributed by atoms with Gasteiger partial charge in [-0.3, -0.25) is 0 Å². The van der Waals surface area contributed by atoms with Crippen molar-refractivity contribution in [1.82, 2.24) is 9.97 Å². The first-order valence-electron chi connectivity index (χ1n) is 10.8. The van der Waals surface area contributed by atoms with Crippen molar-refractivity contribution in [2.24, 2.45) is 4.99 Å². The fourth-order valence-corrected chi connectivity index (χ4v) is 4.53. The fourth-order valence-electron chi connectivity index (χ4n) is 4.53. The standard InChI is InChI=1S/C23H23F3N4O2/c24-23(25,26)20-11-17-21(28-13-29-22(17)30-20)27-12-18-16-4-2-1-3-14(16)5-6-19(18)32-15-7-9-31-10-8-15/h1-4,11-13,15,18-19H,5-10H2,(H,28,29,30)/p+1/b27-12-/t18?,19-/m1/s1. The van der Waals surface area contributed by atoms with Gasteiger partial charge in [-0.1, -0.05) is 29.2 Å². The molecular weight excluding hydrogens is 421 g/mol. The number of aromatic amines is 2. The van der Waals surface area contributed by atoms with Crippen LogP contribution in [0.25, 0.3) is 11.0 Å². The summed E-state index contributed by atoms with van der Waals surface area (Å²) in [6.07, 6.45) is 2.28. The van der Waals surface area contributed by atoms with Crippen molar-refractivity contribution in [3.8, 4) is 0 Å². The normalized spacial score (nSPS) is 22.5. The molecule has 2 atom stereocenters. The Morgan fingerprint density at radius 2 is 2.00 bits per heavy atom. The van der Waals surface area contributed by atoms with Crippen LogP contribution in [0.5, 0.6) is 0 Å². The Kier molecular flexibility index (Phi) is 5.69. The number of benzene rings is 1. The maximum absolute atomic E-state index is 13.1. The number of nitrogens with zero attached hydrogens (tertiary/aromatic N) is 2. The molecule has 32 heavy (non-hydrogen) atoms. The molecule has 0 amide bonds. The van der Waals surface area contributed by atoms with E-state index in [2.05, 4.69) is 32.1 Å². The van der Waals surface area contributed by atoms with Gasteiger partial charge in [-0.05, 0) is 42.9 Å². The summed E-state index contributed by atoms with van der Waals surface area (Å²) in [5.74, 6) is 0.232. The molecule has 2 aliphatic rings. The van der Waals surface area contributed by atoms with E-state index in [9.17, 15) is 13.2 Å². The molecule has 1 unspecified atom stereocenters. The second-order valence-electron chi connectivity index (χ2n) is 8.22. The van der Waals surface area contributed by atoms with Crippen LogP contribution in [0.2, 0.25) is 0 Å². The summed E-state index contributed by atoms with van der Waals surface area (Å²) >= 11 is 0. The van der Waals surface area contributed by atoms with Crippen molar-refractivity contribution >= 4 is 23.1 Å². The number of hydrogen-bond acceptors (Lipinski definition) is 4. The topological polar surface area (TPSA) is 73.6 Å². The average Bonchev–Trinajstić information content (AvgIpc) is 3.25. The van der Waals surface area contributed by atoms with E-state index in [4.69, 9.17) is 9.47 Å². The maximum atomic E-state index is 13.1. The zero-order chi connectivity index (χ0) is 22.1. The molecule has 3 aromatic rings. The number of halogens is 3. The van der Waals surface area contributed by atoms with E-state index in [-0.39, 0.29) is 23.8 Å². The number of hydrogen-bond donors (Lipinski definition) is 1. The second kappa shape index (κ2) is 8.63. The molecule has 1 aliphatic carbocycles. The van der Waals surface area contributed by atoms with Crippen LogP contribution >= 0.6 is 0 Å². The van der Waals surface area contributed by atoms with Crippen molar-refractivity contribution in [1.29, 1.82) is 0 Å². The zero-order valence-electron chi connectivity index (χ0n) is 17.4. The van der Waals surface area contributed by atoms with E-state index in [1.165, 1.54) is 11.9 Å². The van der Waals surface area contributed by atoms with E-state index in [0.717, 1.165) is 37.3 Å². The molecule has 0 radical (unpaired) electrons. The third-order valence-corrected chi connectivity index (χ3v) is 6.17. The van der Waals surface area contributed by atoms with E-state index in [0.29, 0.717) is 24.4 Å². The van der Waals surface area contributed by atoms with Crippen molar-refractivity contribution in [3.63, 3.8) is 0 Å². The Hall–Kier alpha value is -2.78. The van der Waals surface area contributed by atoms with Crippen LogP contribution < -0.4 is 4.98 Å². The van der Waals surface area contributed by atoms with Crippen LogP contribution in [-0.2, 0) is 22.1 Å². The van der Waals surface area contributed by atoms with Gasteiger partial charge in [0.15, 0.2) is 0 Å². The smallest absolute Gasteiger partial charge is 0.381 e. The van der Waals surface area contributed by atoms with E-state index in [1.54, 1.807) is 6.21 Å². The van der Waals surface area contributed by atoms with E-state index < -0.39 is 11.9 Å². The van der Waals surface area contributed by atoms with Gasteiger partial charge in [-0.15, -0.1) is 4.99 Å². The highest BCUT2D eigenvalue weighted by molar-refractivity contribution is 5.87. The predicted molar refractivity (Wildman–Crippen MR) is 112 cm³/mol. The number of alkyl halides is 3. The average molecular weight is 445 g/mol. The number of nitrogens with one attached hydrogen (secondary N) is 2. The molecule has 0 spiro atoms. The van der Waals surface area contributed by atoms with Gasteiger partial charge in [0, 0.05) is 13.2 Å². The minimum Gasteiger partial charge on any atom is -0.381 e. The Morgan fingerprint density at radius 3 is 2.81 bits per heavy atom. The summed E-state index contributed by atoms with van der Waals surface area (Å²) in [5.41, 5.74) is 1.69. The third-order valence-electron chi connectivity index (χ3n) is 6.17. The molecule has 1 saturated heterocycles. The first kappa shape index (κ1) is 21.1. The minimum atomic E-state index is -4.48. The lowest BCUT2D eigenvalue weighted by molar-refractivity contribution is -0.365. The highest BCUT2D eigenvalue weighted by atomic mass is 19.4. The summed E-state index contributed by atoms with van der Waals surface area (Å²) in [6.45, 7) is 1.40. The lowest BCUT2D eigenvalue weighted by Crippen LogP contribution is -2.35. The largest absolute Gasteiger partial charge is 0.431 e. The minimum absolute atomic E-state index is 0.0500. The molecule has 5 rings (SSSR count). The monoisotopic (exact) mass is 445 g/mol. The number of aromatic nitrogens is 3. The van der Waals surface area contributed by atoms with Crippen LogP contribution in [0, 0.1) is 0 Å². The van der Waals surface area contributed by atoms with Gasteiger partial charge < -0.3 is 14.5 Å². The molecule has 1 aromatic carbocycles. The lowest BCUT2D eigenvalue weighted by Gasteiger charge is -2.34. The second-order valence-corrected chi connectivity index (χ2v) is 8.22. The van der Waals surface area contributed by atoms with Crippen molar-refractivity contribution in [3.05, 3.63) is 53.5 Å². The molecule has 3 heterocycles. The lowest BCUT2D eigenvalue weighted by atomic mass is 9.81. The number of ether oxygens (including phenoxy) is 2. The highest BCUT2D eigenvalue weighted by Gasteiger charge is 2.35. The Labute approximate surface area is 182 Å². The summed E-state index contributed by atoms with van der Waals surface area (Å²) in [4.78, 5) is 13.8. The van der Waals surface area contributed by atoms with Crippen molar-refractivity contribution in [2.75, 3.05) is 13.2 Å². The molecule has 1 aliphatic heterocycles. The first-order valence-corrected chi connectivity index (χ1v) is 10.8. The van der Waals surface area contributed by atoms with Crippen LogP contribution in [0.15, 0.2) is 41.7 Å². The molecule has 6 nitrogen and oxygen atoms in total. The van der Waals surface area contributed by atoms with Gasteiger partial charge in [-0.25, -0.2) is 4.98 Å². The van der Waals surface area contributed by atoms with Crippen LogP contribution in [0.4, 0.5) is 19.0 Å². The number of rotatable bonds is 4. The highest BCUT2D eigenvalue weighted by Crippen LogP contribution is 2.36. The molecule has 2 aromatic heterocycles. The van der Waals surface area contributed by atoms with Crippen LogP contribution in [-0.4, -0.2) is 41.6 Å². The van der Waals surface area contributed by atoms with Gasteiger partial charge in [0.2, 0.25) is 12.0 Å². The van der Waals surface area contributed by atoms with Crippen molar-refractivity contribution in [2.45, 2.75) is 50.0 Å². The Morgan fingerprint density at radius 1 is 1.19 bits per heavy atom. The summed E-state index contributed by atoms with van der Waals surface area (Å²) in [6, 6.07) is 9.24. The molecule has 168 valence electrons. The van der Waals surface area contributed by atoms with Crippen molar-refractivity contribution < 1.29 is 27.6 Å². The van der Waals surface area contributed by atoms with Crippen LogP contribution in [0.1, 0.15) is 42.0 Å². The number of aliphatic imine (C=N–C) groups is 1. The molecule has 1 fully saturated rings. The van der Waals surface area contributed by atoms with Gasteiger partial charge in [0.25, 0.3) is 5.82 Å². The number of aryl methyl sites for hydroxylation is 1. The predicted octanol–water partition coefficient (Wildman–Crippen LogP) is 4.39. The van der Waals surface area contributed by atoms with Gasteiger partial charge in [0.05, 0.1) is 24.3 Å². The first-order chi connectivity index (χ1) is 15.5. The SMILES string of the molecule is FC(F)(F)c1cc2c(/N=C\C3c4ccccc4CC[C@H]3OC3CCOCC3)[nH+]cnc2[nH]1. The van der Waals surface area contributed by atoms with Crippen LogP contribution in [0.3, 0.4) is 0 Å². The van der Waals surface area contributed by atoms with Gasteiger partial charge in [0.1, 0.15) is 11.1 Å². The van der Waals surface area contributed by atoms with Gasteiger partial charge in [-0.2, -0.15) is 13.2 Å². The molecule has 0 saturated carbocycles. The maximum Gasteiger partial charge on any atom is 0.431 e. The van der Waals surface area contributed by atoms with E-state index >= 15 is 0 Å². The molecule has 0 bridgehead atoms. The molecular formula is C23H24F3N4O2+. The third kappa shape index (κ3) is 4.27. The Balaban J connectivity index is 1.47. The summed E-state index contributed by atoms with van der Waals surface area (Å²) < 4.78 is 51.3. The summed E-state index contributed by atoms with van der Waals surface area (Å²) in [7, 11) is 0. The van der Waals surface area contributed by atoms with Gasteiger partial charge >= 0.3 is 6.18 Å². The number of H-pyrrole nitrogens is 2. The number of fused-ring (bicyclic) bond motifs is 2. The molecule has 9 heteroatoms. The van der Waals surface area contributed by atoms with E-state index in [1.807, 2.05) is 12.1 Å².